The van der Waals surface area contributed by atoms with Crippen molar-refractivity contribution in [2.24, 2.45) is 0 Å². The zero-order valence-electron chi connectivity index (χ0n) is 8.80. The fourth-order valence-corrected chi connectivity index (χ4v) is 2.10. The molecule has 1 saturated carbocycles. The van der Waals surface area contributed by atoms with E-state index in [0.29, 0.717) is 18.5 Å². The molecular formula is C11H20N2O. The maximum Gasteiger partial charge on any atom is 0.236 e. The highest BCUT2D eigenvalue weighted by Crippen LogP contribution is 2.17. The molecule has 1 saturated heterocycles. The fraction of sp³-hybridized carbons (Fsp3) is 0.909. The van der Waals surface area contributed by atoms with Crippen molar-refractivity contribution >= 4 is 5.91 Å². The van der Waals surface area contributed by atoms with E-state index >= 15 is 0 Å². The van der Waals surface area contributed by atoms with Crippen molar-refractivity contribution in [2.75, 3.05) is 19.6 Å². The summed E-state index contributed by atoms with van der Waals surface area (Å²) in [6.07, 6.45) is 7.51. The molecule has 80 valence electrons. The molecule has 1 heterocycles. The van der Waals surface area contributed by atoms with E-state index in [9.17, 15) is 4.79 Å². The van der Waals surface area contributed by atoms with E-state index < -0.39 is 0 Å². The van der Waals surface area contributed by atoms with Gasteiger partial charge in [0, 0.05) is 19.1 Å². The SMILES string of the molecule is O=C(CNC1CCC1)N1CCCCC1. The fourth-order valence-electron chi connectivity index (χ4n) is 2.10. The monoisotopic (exact) mass is 196 g/mol. The molecule has 1 amide bonds. The molecular weight excluding hydrogens is 176 g/mol. The number of nitrogens with one attached hydrogen (secondary N) is 1. The Bertz CT molecular complexity index is 195. The minimum absolute atomic E-state index is 0.302. The van der Waals surface area contributed by atoms with Crippen LogP contribution < -0.4 is 5.32 Å². The third kappa shape index (κ3) is 2.47. The Morgan fingerprint density at radius 2 is 1.86 bits per heavy atom. The Balaban J connectivity index is 1.65. The van der Waals surface area contributed by atoms with Crippen molar-refractivity contribution in [3.63, 3.8) is 0 Å². The zero-order valence-corrected chi connectivity index (χ0v) is 8.80. The van der Waals surface area contributed by atoms with E-state index in [1.54, 1.807) is 0 Å². The zero-order chi connectivity index (χ0) is 9.80. The van der Waals surface area contributed by atoms with E-state index in [0.717, 1.165) is 13.1 Å². The number of hydrogen-bond donors (Lipinski definition) is 1. The first kappa shape index (κ1) is 9.97. The quantitative estimate of drug-likeness (QED) is 0.734. The lowest BCUT2D eigenvalue weighted by Crippen LogP contribution is -2.45. The lowest BCUT2D eigenvalue weighted by atomic mass is 9.93. The summed E-state index contributed by atoms with van der Waals surface area (Å²) in [5, 5.41) is 3.32. The van der Waals surface area contributed by atoms with Crippen LogP contribution in [0, 0.1) is 0 Å². The molecule has 2 aliphatic rings. The second-order valence-corrected chi connectivity index (χ2v) is 4.45. The van der Waals surface area contributed by atoms with Crippen LogP contribution in [0.25, 0.3) is 0 Å². The van der Waals surface area contributed by atoms with Gasteiger partial charge in [-0.1, -0.05) is 6.42 Å². The number of carbonyl (C=O) groups is 1. The van der Waals surface area contributed by atoms with Crippen molar-refractivity contribution < 1.29 is 4.79 Å². The van der Waals surface area contributed by atoms with Crippen LogP contribution in [0.3, 0.4) is 0 Å². The summed E-state index contributed by atoms with van der Waals surface area (Å²) in [5.41, 5.74) is 0. The summed E-state index contributed by atoms with van der Waals surface area (Å²) < 4.78 is 0. The summed E-state index contributed by atoms with van der Waals surface area (Å²) in [4.78, 5) is 13.7. The molecule has 1 aliphatic carbocycles. The molecule has 0 aromatic rings. The van der Waals surface area contributed by atoms with Crippen LogP contribution in [0.2, 0.25) is 0 Å². The third-order valence-corrected chi connectivity index (χ3v) is 3.36. The molecule has 0 aromatic heterocycles. The second kappa shape index (κ2) is 4.78. The van der Waals surface area contributed by atoms with Crippen LogP contribution >= 0.6 is 0 Å². The van der Waals surface area contributed by atoms with E-state index in [4.69, 9.17) is 0 Å². The van der Waals surface area contributed by atoms with Gasteiger partial charge in [0.25, 0.3) is 0 Å². The Kier molecular flexibility index (Phi) is 3.40. The number of likely N-dealkylation sites (tertiary alicyclic amines) is 1. The topological polar surface area (TPSA) is 32.3 Å². The van der Waals surface area contributed by atoms with Gasteiger partial charge in [-0.15, -0.1) is 0 Å². The van der Waals surface area contributed by atoms with Crippen LogP contribution in [0.5, 0.6) is 0 Å². The van der Waals surface area contributed by atoms with Crippen molar-refractivity contribution in [1.29, 1.82) is 0 Å². The number of nitrogens with zero attached hydrogens (tertiary/aromatic N) is 1. The molecule has 2 rings (SSSR count). The molecule has 0 spiro atoms. The largest absolute Gasteiger partial charge is 0.342 e. The Morgan fingerprint density at radius 3 is 2.43 bits per heavy atom. The first-order chi connectivity index (χ1) is 6.86. The first-order valence-corrected chi connectivity index (χ1v) is 5.87. The minimum atomic E-state index is 0.302. The highest BCUT2D eigenvalue weighted by Gasteiger charge is 2.20. The van der Waals surface area contributed by atoms with Crippen LogP contribution in [0.1, 0.15) is 38.5 Å². The third-order valence-electron chi connectivity index (χ3n) is 3.36. The van der Waals surface area contributed by atoms with Crippen molar-refractivity contribution in [1.82, 2.24) is 10.2 Å². The van der Waals surface area contributed by atoms with Gasteiger partial charge in [-0.3, -0.25) is 4.79 Å². The average molecular weight is 196 g/mol. The molecule has 1 N–H and O–H groups in total. The summed E-state index contributed by atoms with van der Waals surface area (Å²) in [6.45, 7) is 2.51. The van der Waals surface area contributed by atoms with Gasteiger partial charge in [0.05, 0.1) is 6.54 Å². The summed E-state index contributed by atoms with van der Waals surface area (Å²) >= 11 is 0. The lowest BCUT2D eigenvalue weighted by molar-refractivity contribution is -0.131. The Labute approximate surface area is 85.8 Å². The maximum atomic E-state index is 11.7. The standard InChI is InChI=1S/C11H20N2O/c14-11(9-12-10-5-4-6-10)13-7-2-1-3-8-13/h10,12H,1-9H2. The molecule has 1 aliphatic heterocycles. The Morgan fingerprint density at radius 1 is 1.14 bits per heavy atom. The smallest absolute Gasteiger partial charge is 0.236 e. The second-order valence-electron chi connectivity index (χ2n) is 4.45. The molecule has 0 bridgehead atoms. The number of carbonyl (C=O) groups excluding carboxylic acids is 1. The summed E-state index contributed by atoms with van der Waals surface area (Å²) in [5.74, 6) is 0.302. The van der Waals surface area contributed by atoms with E-state index in [2.05, 4.69) is 5.32 Å². The summed E-state index contributed by atoms with van der Waals surface area (Å²) in [6, 6.07) is 0.628. The molecule has 3 heteroatoms. The minimum Gasteiger partial charge on any atom is -0.342 e. The predicted octanol–water partition coefficient (Wildman–Crippen LogP) is 1.14. The first-order valence-electron chi connectivity index (χ1n) is 5.87. The van der Waals surface area contributed by atoms with Crippen LogP contribution in [-0.4, -0.2) is 36.5 Å². The number of rotatable bonds is 3. The number of amides is 1. The number of piperidine rings is 1. The van der Waals surface area contributed by atoms with Gasteiger partial charge in [0.1, 0.15) is 0 Å². The molecule has 2 fully saturated rings. The van der Waals surface area contributed by atoms with Crippen LogP contribution in [-0.2, 0) is 4.79 Å². The van der Waals surface area contributed by atoms with Crippen molar-refractivity contribution in [3.05, 3.63) is 0 Å². The van der Waals surface area contributed by atoms with Gasteiger partial charge in [-0.2, -0.15) is 0 Å². The van der Waals surface area contributed by atoms with Gasteiger partial charge < -0.3 is 10.2 Å². The van der Waals surface area contributed by atoms with E-state index in [1.807, 2.05) is 4.90 Å². The molecule has 0 radical (unpaired) electrons. The van der Waals surface area contributed by atoms with Gasteiger partial charge in [-0.25, -0.2) is 0 Å². The molecule has 0 atom stereocenters. The summed E-state index contributed by atoms with van der Waals surface area (Å²) in [7, 11) is 0. The lowest BCUT2D eigenvalue weighted by Gasteiger charge is -2.30. The maximum absolute atomic E-state index is 11.7. The molecule has 3 nitrogen and oxygen atoms in total. The van der Waals surface area contributed by atoms with E-state index in [1.165, 1.54) is 38.5 Å². The van der Waals surface area contributed by atoms with Gasteiger partial charge >= 0.3 is 0 Å². The highest BCUT2D eigenvalue weighted by atomic mass is 16.2. The van der Waals surface area contributed by atoms with Gasteiger partial charge in [-0.05, 0) is 32.1 Å². The average Bonchev–Trinajstić information content (AvgIpc) is 2.16. The van der Waals surface area contributed by atoms with Crippen molar-refractivity contribution in [2.45, 2.75) is 44.6 Å². The van der Waals surface area contributed by atoms with Crippen LogP contribution in [0.15, 0.2) is 0 Å². The molecule has 0 unspecified atom stereocenters. The van der Waals surface area contributed by atoms with Crippen LogP contribution in [0.4, 0.5) is 0 Å². The van der Waals surface area contributed by atoms with Gasteiger partial charge in [0.15, 0.2) is 0 Å². The van der Waals surface area contributed by atoms with E-state index in [-0.39, 0.29) is 0 Å². The normalized spacial score (nSPS) is 23.3. The van der Waals surface area contributed by atoms with Gasteiger partial charge in [0.2, 0.25) is 5.91 Å². The van der Waals surface area contributed by atoms with Crippen molar-refractivity contribution in [3.8, 4) is 0 Å². The Hall–Kier alpha value is -0.570. The highest BCUT2D eigenvalue weighted by molar-refractivity contribution is 5.78. The number of hydrogen-bond acceptors (Lipinski definition) is 2. The molecule has 14 heavy (non-hydrogen) atoms. The predicted molar refractivity (Wildman–Crippen MR) is 56.1 cm³/mol. The molecule has 0 aromatic carbocycles.